The number of rotatable bonds is 7. The van der Waals surface area contributed by atoms with Crippen molar-refractivity contribution in [3.05, 3.63) is 41.8 Å². The molecule has 134 valence electrons. The summed E-state index contributed by atoms with van der Waals surface area (Å²) in [4.78, 5) is 16.4. The molecule has 1 heterocycles. The number of amides is 1. The van der Waals surface area contributed by atoms with Crippen LogP contribution in [0.25, 0.3) is 11.5 Å². The number of hydrogen-bond acceptors (Lipinski definition) is 4. The summed E-state index contributed by atoms with van der Waals surface area (Å²) in [5, 5.41) is 6.16. The van der Waals surface area contributed by atoms with E-state index >= 15 is 0 Å². The molecule has 0 saturated carbocycles. The van der Waals surface area contributed by atoms with Crippen molar-refractivity contribution in [1.29, 1.82) is 0 Å². The number of aryl methyl sites for hydroxylation is 1. The molecular formula is C17H25Cl2N3O2. The quantitative estimate of drug-likeness (QED) is 0.781. The summed E-state index contributed by atoms with van der Waals surface area (Å²) >= 11 is 0. The molecule has 2 N–H and O–H groups in total. The van der Waals surface area contributed by atoms with Gasteiger partial charge in [0.1, 0.15) is 5.76 Å². The fraction of sp³-hybridized carbons (Fsp3) is 0.412. The van der Waals surface area contributed by atoms with Crippen LogP contribution >= 0.6 is 24.8 Å². The molecule has 0 radical (unpaired) electrons. The molecule has 7 heteroatoms. The first kappa shape index (κ1) is 22.4. The number of aromatic nitrogens is 1. The van der Waals surface area contributed by atoms with Crippen molar-refractivity contribution >= 4 is 30.7 Å². The lowest BCUT2D eigenvalue weighted by Crippen LogP contribution is -2.39. The molecule has 5 nitrogen and oxygen atoms in total. The molecule has 0 unspecified atom stereocenters. The second-order valence-corrected chi connectivity index (χ2v) is 5.33. The van der Waals surface area contributed by atoms with E-state index in [1.54, 1.807) is 0 Å². The van der Waals surface area contributed by atoms with Gasteiger partial charge in [0.2, 0.25) is 11.8 Å². The molecule has 0 aliphatic heterocycles. The highest BCUT2D eigenvalue weighted by Crippen LogP contribution is 2.21. The number of oxazole rings is 1. The average molecular weight is 374 g/mol. The number of hydrogen-bond donors (Lipinski definition) is 2. The number of nitrogens with zero attached hydrogens (tertiary/aromatic N) is 1. The third-order valence-corrected chi connectivity index (χ3v) is 3.40. The van der Waals surface area contributed by atoms with E-state index in [-0.39, 0.29) is 43.2 Å². The minimum Gasteiger partial charge on any atom is -0.441 e. The van der Waals surface area contributed by atoms with Crippen LogP contribution in [0, 0.1) is 6.92 Å². The fourth-order valence-corrected chi connectivity index (χ4v) is 2.20. The molecular weight excluding hydrogens is 349 g/mol. The second kappa shape index (κ2) is 11.1. The number of benzene rings is 1. The third-order valence-electron chi connectivity index (χ3n) is 3.40. The van der Waals surface area contributed by atoms with Gasteiger partial charge in [-0.05, 0) is 32.5 Å². The van der Waals surface area contributed by atoms with E-state index in [2.05, 4.69) is 15.6 Å². The molecule has 24 heavy (non-hydrogen) atoms. The van der Waals surface area contributed by atoms with Gasteiger partial charge >= 0.3 is 0 Å². The first-order chi connectivity index (χ1) is 10.6. The summed E-state index contributed by atoms with van der Waals surface area (Å²) in [6.07, 6.45) is 0.237. The van der Waals surface area contributed by atoms with Gasteiger partial charge < -0.3 is 15.1 Å². The Labute approximate surface area is 155 Å². The molecule has 1 amide bonds. The van der Waals surface area contributed by atoms with Crippen molar-refractivity contribution in [2.45, 2.75) is 33.2 Å². The van der Waals surface area contributed by atoms with Crippen molar-refractivity contribution in [1.82, 2.24) is 15.6 Å². The Balaban J connectivity index is 0.00000264. The minimum absolute atomic E-state index is 0. The Morgan fingerprint density at radius 1 is 1.25 bits per heavy atom. The van der Waals surface area contributed by atoms with E-state index in [9.17, 15) is 4.79 Å². The third kappa shape index (κ3) is 6.51. The predicted molar refractivity (Wildman–Crippen MR) is 101 cm³/mol. The Hall–Kier alpha value is -1.56. The van der Waals surface area contributed by atoms with Crippen molar-refractivity contribution in [2.75, 3.05) is 13.1 Å². The maximum atomic E-state index is 12.0. The average Bonchev–Trinajstić information content (AvgIpc) is 2.87. The first-order valence-electron chi connectivity index (χ1n) is 7.62. The highest BCUT2D eigenvalue weighted by molar-refractivity contribution is 5.85. The fourth-order valence-electron chi connectivity index (χ4n) is 2.20. The van der Waals surface area contributed by atoms with Crippen LogP contribution in [-0.2, 0) is 11.2 Å². The topological polar surface area (TPSA) is 67.2 Å². The van der Waals surface area contributed by atoms with Gasteiger partial charge in [-0.25, -0.2) is 4.98 Å². The van der Waals surface area contributed by atoms with Gasteiger partial charge in [-0.1, -0.05) is 25.1 Å². The summed E-state index contributed by atoms with van der Waals surface area (Å²) in [5.41, 5.74) is 1.60. The normalized spacial score (nSPS) is 11.1. The summed E-state index contributed by atoms with van der Waals surface area (Å²) in [6, 6.07) is 9.94. The van der Waals surface area contributed by atoms with Crippen LogP contribution in [0.15, 0.2) is 34.7 Å². The van der Waals surface area contributed by atoms with Gasteiger partial charge in [0, 0.05) is 18.2 Å². The zero-order chi connectivity index (χ0) is 15.9. The Bertz CT molecular complexity index is 618. The lowest BCUT2D eigenvalue weighted by atomic mass is 10.2. The molecule has 0 bridgehead atoms. The zero-order valence-corrected chi connectivity index (χ0v) is 15.8. The SMILES string of the molecule is CCN[C@H](C)CNC(=O)Cc1nc(-c2ccccc2)oc1C.Cl.Cl. The van der Waals surface area contributed by atoms with Crippen LogP contribution in [0.3, 0.4) is 0 Å². The molecule has 0 fully saturated rings. The van der Waals surface area contributed by atoms with Gasteiger partial charge in [0.05, 0.1) is 12.1 Å². The van der Waals surface area contributed by atoms with Gasteiger partial charge in [-0.2, -0.15) is 0 Å². The molecule has 0 spiro atoms. The molecule has 0 saturated heterocycles. The molecule has 1 atom stereocenters. The number of carbonyl (C=O) groups is 1. The van der Waals surface area contributed by atoms with E-state index in [0.717, 1.165) is 12.1 Å². The summed E-state index contributed by atoms with van der Waals surface area (Å²) in [6.45, 7) is 7.42. The van der Waals surface area contributed by atoms with Crippen LogP contribution in [-0.4, -0.2) is 30.0 Å². The summed E-state index contributed by atoms with van der Waals surface area (Å²) in [7, 11) is 0. The Kier molecular flexibility index (Phi) is 10.4. The largest absolute Gasteiger partial charge is 0.441 e. The lowest BCUT2D eigenvalue weighted by molar-refractivity contribution is -0.120. The van der Waals surface area contributed by atoms with Gasteiger partial charge in [0.25, 0.3) is 0 Å². The number of halogens is 2. The standard InChI is InChI=1S/C17H23N3O2.2ClH/c1-4-18-12(2)11-19-16(21)10-15-13(3)22-17(20-15)14-8-6-5-7-9-14;;/h5-9,12,18H,4,10-11H2,1-3H3,(H,19,21);2*1H/t12-;;/m1../s1. The van der Waals surface area contributed by atoms with Crippen LogP contribution in [0.4, 0.5) is 0 Å². The predicted octanol–water partition coefficient (Wildman–Crippen LogP) is 3.15. The van der Waals surface area contributed by atoms with E-state index in [1.807, 2.05) is 51.1 Å². The Morgan fingerprint density at radius 2 is 1.92 bits per heavy atom. The van der Waals surface area contributed by atoms with Gasteiger partial charge in [-0.3, -0.25) is 4.79 Å². The highest BCUT2D eigenvalue weighted by Gasteiger charge is 2.14. The molecule has 2 aromatic rings. The zero-order valence-electron chi connectivity index (χ0n) is 14.2. The molecule has 2 rings (SSSR count). The summed E-state index contributed by atoms with van der Waals surface area (Å²) in [5.74, 6) is 1.21. The monoisotopic (exact) mass is 373 g/mol. The van der Waals surface area contributed by atoms with Crippen molar-refractivity contribution < 1.29 is 9.21 Å². The van der Waals surface area contributed by atoms with E-state index < -0.39 is 0 Å². The summed E-state index contributed by atoms with van der Waals surface area (Å²) < 4.78 is 5.66. The second-order valence-electron chi connectivity index (χ2n) is 5.33. The van der Waals surface area contributed by atoms with E-state index in [1.165, 1.54) is 0 Å². The Morgan fingerprint density at radius 3 is 2.54 bits per heavy atom. The maximum absolute atomic E-state index is 12.0. The molecule has 0 aliphatic rings. The number of nitrogens with one attached hydrogen (secondary N) is 2. The van der Waals surface area contributed by atoms with Crippen LogP contribution < -0.4 is 10.6 Å². The smallest absolute Gasteiger partial charge is 0.226 e. The number of carbonyl (C=O) groups excluding carboxylic acids is 1. The van der Waals surface area contributed by atoms with Crippen LogP contribution in [0.2, 0.25) is 0 Å². The van der Waals surface area contributed by atoms with Crippen molar-refractivity contribution in [2.24, 2.45) is 0 Å². The van der Waals surface area contributed by atoms with Crippen LogP contribution in [0.1, 0.15) is 25.3 Å². The maximum Gasteiger partial charge on any atom is 0.226 e. The highest BCUT2D eigenvalue weighted by atomic mass is 35.5. The van der Waals surface area contributed by atoms with E-state index in [4.69, 9.17) is 4.42 Å². The van der Waals surface area contributed by atoms with Crippen molar-refractivity contribution in [3.8, 4) is 11.5 Å². The van der Waals surface area contributed by atoms with Gasteiger partial charge in [-0.15, -0.1) is 24.8 Å². The molecule has 1 aromatic carbocycles. The number of likely N-dealkylation sites (N-methyl/N-ethyl adjacent to an activating group) is 1. The van der Waals surface area contributed by atoms with E-state index in [0.29, 0.717) is 23.9 Å². The molecule has 1 aromatic heterocycles. The lowest BCUT2D eigenvalue weighted by Gasteiger charge is -2.12. The van der Waals surface area contributed by atoms with Crippen molar-refractivity contribution in [3.63, 3.8) is 0 Å². The minimum atomic E-state index is -0.0410. The first-order valence-corrected chi connectivity index (χ1v) is 7.62. The van der Waals surface area contributed by atoms with Crippen LogP contribution in [0.5, 0.6) is 0 Å². The molecule has 0 aliphatic carbocycles. The van der Waals surface area contributed by atoms with Gasteiger partial charge in [0.15, 0.2) is 0 Å².